The van der Waals surface area contributed by atoms with Gasteiger partial charge in [-0.15, -0.1) is 0 Å². The van der Waals surface area contributed by atoms with E-state index in [9.17, 15) is 4.57 Å². The predicted octanol–water partition coefficient (Wildman–Crippen LogP) is 1.15. The minimum Gasteiger partial charge on any atom is -0.412 e. The Morgan fingerprint density at radius 2 is 1.92 bits per heavy atom. The summed E-state index contributed by atoms with van der Waals surface area (Å²) in [6.45, 7) is 0. The van der Waals surface area contributed by atoms with Crippen molar-refractivity contribution in [2.24, 2.45) is 0 Å². The van der Waals surface area contributed by atoms with E-state index >= 15 is 0 Å². The smallest absolute Gasteiger partial charge is 0.412 e. The molecule has 12 heavy (non-hydrogen) atoms. The van der Waals surface area contributed by atoms with Crippen LogP contribution in [0.15, 0.2) is 10.6 Å². The summed E-state index contributed by atoms with van der Waals surface area (Å²) in [4.78, 5) is 16.4. The fraction of sp³-hybridized carbons (Fsp3) is 0.333. The molecule has 1 unspecified atom stereocenters. The van der Waals surface area contributed by atoms with Crippen LogP contribution in [0.25, 0.3) is 0 Å². The Morgan fingerprint density at radius 1 is 1.50 bits per heavy atom. The maximum atomic E-state index is 10.1. The van der Waals surface area contributed by atoms with E-state index in [4.69, 9.17) is 44.6 Å². The largest absolute Gasteiger partial charge is 0.471 e. The average Bonchev–Trinajstić information content (AvgIpc) is 1.53. The fourth-order valence-electron chi connectivity index (χ4n) is 0.261. The zero-order chi connectivity index (χ0) is 9.07. The topological polar surface area (TPSA) is 98.3 Å². The van der Waals surface area contributed by atoms with Gasteiger partial charge in [0.1, 0.15) is 4.49 Å². The minimum atomic E-state index is -4.57. The molecular weight excluding hydrogens is 253 g/mol. The summed E-state index contributed by atoms with van der Waals surface area (Å²) in [5.41, 5.74) is -1.33. The zero-order valence-electron chi connectivity index (χ0n) is 5.45. The third kappa shape index (κ3) is 10.7. The van der Waals surface area contributed by atoms with Crippen molar-refractivity contribution in [1.82, 2.24) is 0 Å². The van der Waals surface area contributed by atoms with E-state index in [-0.39, 0.29) is 9.97 Å². The fourth-order valence-corrected chi connectivity index (χ4v) is 1.38. The highest BCUT2D eigenvalue weighted by Crippen LogP contribution is 2.39. The van der Waals surface area contributed by atoms with Gasteiger partial charge in [0.2, 0.25) is 0 Å². The number of halogens is 3. The summed E-state index contributed by atoms with van der Waals surface area (Å²) in [7, 11) is -4.57. The van der Waals surface area contributed by atoms with Gasteiger partial charge in [0.05, 0.1) is 0 Å². The van der Waals surface area contributed by atoms with Crippen LogP contribution in [0.1, 0.15) is 0 Å². The molecule has 1 atom stereocenters. The molecule has 0 aliphatic heterocycles. The maximum Gasteiger partial charge on any atom is 0.471 e. The molecule has 0 aromatic rings. The van der Waals surface area contributed by atoms with Gasteiger partial charge in [0.15, 0.2) is 5.56 Å². The van der Waals surface area contributed by atoms with Crippen LogP contribution >= 0.6 is 42.6 Å². The molecule has 74 valence electrons. The van der Waals surface area contributed by atoms with E-state index in [1.165, 1.54) is 0 Å². The van der Waals surface area contributed by atoms with Gasteiger partial charge in [-0.2, -0.15) is 0 Å². The van der Waals surface area contributed by atoms with E-state index in [0.717, 1.165) is 6.08 Å². The number of hydrogen-bond acceptors (Lipinski definition) is 2. The lowest BCUT2D eigenvalue weighted by Crippen LogP contribution is -1.98. The Labute approximate surface area is 83.4 Å². The van der Waals surface area contributed by atoms with Crippen LogP contribution in [0.3, 0.4) is 0 Å². The first-order chi connectivity index (χ1) is 4.81. The molecule has 5 nitrogen and oxygen atoms in total. The highest BCUT2D eigenvalue weighted by atomic mass is 35.5. The molecule has 0 aliphatic rings. The molecule has 0 aromatic carbocycles. The van der Waals surface area contributed by atoms with Crippen LogP contribution in [0.4, 0.5) is 0 Å². The summed E-state index contributed by atoms with van der Waals surface area (Å²) in [5, 5.41) is 0. The van der Waals surface area contributed by atoms with E-state index in [0.29, 0.717) is 0 Å². The molecule has 0 saturated carbocycles. The first-order valence-electron chi connectivity index (χ1n) is 2.22. The van der Waals surface area contributed by atoms with Gasteiger partial charge in [-0.1, -0.05) is 34.8 Å². The molecule has 0 aliphatic carbocycles. The van der Waals surface area contributed by atoms with Gasteiger partial charge in [-0.25, -0.2) is 4.57 Å². The van der Waals surface area contributed by atoms with Gasteiger partial charge in [-0.3, -0.25) is 4.52 Å². The third-order valence-corrected chi connectivity index (χ3v) is 1.59. The number of hydrogen-bond donors (Lipinski definition) is 2. The quantitative estimate of drug-likeness (QED) is 0.587. The Kier molecular flexibility index (Phi) is 7.81. The van der Waals surface area contributed by atoms with Crippen molar-refractivity contribution in [2.45, 2.75) is 5.56 Å². The number of alkyl halides is 1. The third-order valence-electron chi connectivity index (χ3n) is 0.495. The summed E-state index contributed by atoms with van der Waals surface area (Å²) >= 11 is 15.4. The SMILES string of the molecule is O.O=P(O)(O)OC(Cl)C=C(Cl)Cl. The van der Waals surface area contributed by atoms with Crippen LogP contribution in [0.5, 0.6) is 0 Å². The van der Waals surface area contributed by atoms with Crippen molar-refractivity contribution in [3.8, 4) is 0 Å². The highest BCUT2D eigenvalue weighted by molar-refractivity contribution is 7.46. The van der Waals surface area contributed by atoms with Crippen molar-refractivity contribution in [3.63, 3.8) is 0 Å². The Morgan fingerprint density at radius 3 is 2.17 bits per heavy atom. The summed E-state index contributed by atoms with van der Waals surface area (Å²) in [5.74, 6) is 0. The number of phosphoric acid groups is 1. The van der Waals surface area contributed by atoms with Crippen molar-refractivity contribution >= 4 is 42.6 Å². The molecule has 0 spiro atoms. The van der Waals surface area contributed by atoms with E-state index < -0.39 is 13.4 Å². The highest BCUT2D eigenvalue weighted by Gasteiger charge is 2.18. The second kappa shape index (κ2) is 6.18. The zero-order valence-corrected chi connectivity index (χ0v) is 8.61. The van der Waals surface area contributed by atoms with Gasteiger partial charge in [0, 0.05) is 0 Å². The molecular formula is C3H6Cl3O5P. The number of rotatable bonds is 3. The molecule has 4 N–H and O–H groups in total. The van der Waals surface area contributed by atoms with Gasteiger partial charge in [0.25, 0.3) is 0 Å². The normalized spacial score (nSPS) is 13.1. The van der Waals surface area contributed by atoms with Gasteiger partial charge < -0.3 is 15.3 Å². The molecule has 0 heterocycles. The Balaban J connectivity index is 0. The van der Waals surface area contributed by atoms with Crippen molar-refractivity contribution in [3.05, 3.63) is 10.6 Å². The first-order valence-corrected chi connectivity index (χ1v) is 4.94. The lowest BCUT2D eigenvalue weighted by atomic mass is 10.7. The van der Waals surface area contributed by atoms with Crippen LogP contribution < -0.4 is 0 Å². The average molecular weight is 259 g/mol. The molecule has 0 amide bonds. The minimum absolute atomic E-state index is 0. The summed E-state index contributed by atoms with van der Waals surface area (Å²) in [6.07, 6.45) is 0.934. The Hall–Kier alpha value is 0.680. The lowest BCUT2D eigenvalue weighted by Gasteiger charge is -2.06. The molecule has 0 aromatic heterocycles. The van der Waals surface area contributed by atoms with Crippen molar-refractivity contribution in [2.75, 3.05) is 0 Å². The molecule has 0 fully saturated rings. The molecule has 0 saturated heterocycles. The molecule has 0 rings (SSSR count). The summed E-state index contributed by atoms with van der Waals surface area (Å²) in [6, 6.07) is 0. The van der Waals surface area contributed by atoms with Crippen LogP contribution in [-0.2, 0) is 9.09 Å². The second-order valence-electron chi connectivity index (χ2n) is 1.40. The lowest BCUT2D eigenvalue weighted by molar-refractivity contribution is 0.199. The monoisotopic (exact) mass is 258 g/mol. The predicted molar refractivity (Wildman–Crippen MR) is 46.2 cm³/mol. The van der Waals surface area contributed by atoms with E-state index in [1.54, 1.807) is 0 Å². The Bertz CT molecular complexity index is 196. The van der Waals surface area contributed by atoms with Gasteiger partial charge in [-0.05, 0) is 6.08 Å². The van der Waals surface area contributed by atoms with Crippen LogP contribution in [-0.4, -0.2) is 20.8 Å². The second-order valence-corrected chi connectivity index (χ2v) is 4.03. The van der Waals surface area contributed by atoms with Crippen molar-refractivity contribution in [1.29, 1.82) is 0 Å². The maximum absolute atomic E-state index is 10.1. The molecule has 0 radical (unpaired) electrons. The van der Waals surface area contributed by atoms with Crippen LogP contribution in [0.2, 0.25) is 0 Å². The van der Waals surface area contributed by atoms with E-state index in [1.807, 2.05) is 0 Å². The number of phosphoric ester groups is 1. The summed E-state index contributed by atoms with van der Waals surface area (Å²) < 4.78 is 13.8. The van der Waals surface area contributed by atoms with Crippen LogP contribution in [0, 0.1) is 0 Å². The standard InChI is InChI=1S/C3H4Cl3O4P.H2O/c4-2(5)1-3(6)10-11(7,8)9;/h1,3H,(H2,7,8,9);1H2. The first kappa shape index (κ1) is 15.2. The van der Waals surface area contributed by atoms with Gasteiger partial charge >= 0.3 is 7.82 Å². The van der Waals surface area contributed by atoms with E-state index in [2.05, 4.69) is 4.52 Å². The molecule has 0 bridgehead atoms. The van der Waals surface area contributed by atoms with Crippen molar-refractivity contribution < 1.29 is 24.4 Å². The molecule has 9 heteroatoms.